The van der Waals surface area contributed by atoms with Crippen molar-refractivity contribution < 1.29 is 61.4 Å². The number of aryl methyl sites for hydroxylation is 1. The zero-order chi connectivity index (χ0) is 25.6. The second-order valence-corrected chi connectivity index (χ2v) is 11.4. The highest BCUT2D eigenvalue weighted by Crippen LogP contribution is 2.66. The van der Waals surface area contributed by atoms with Gasteiger partial charge in [-0.3, -0.25) is 13.9 Å². The van der Waals surface area contributed by atoms with Crippen molar-refractivity contribution in [1.82, 2.24) is 14.5 Å². The van der Waals surface area contributed by atoms with Crippen molar-refractivity contribution in [3.63, 3.8) is 0 Å². The Morgan fingerprint density at radius 1 is 1.09 bits per heavy atom. The third-order valence-electron chi connectivity index (χ3n) is 4.31. The van der Waals surface area contributed by atoms with Gasteiger partial charge in [-0.1, -0.05) is 0 Å². The molecule has 0 bridgehead atoms. The number of H-pyrrole nitrogens is 1. The van der Waals surface area contributed by atoms with Crippen LogP contribution in [0.15, 0.2) is 21.9 Å². The number of hydrogen-bond donors (Lipinski definition) is 7. The summed E-state index contributed by atoms with van der Waals surface area (Å²) in [6.45, 7) is 0.490. The summed E-state index contributed by atoms with van der Waals surface area (Å²) in [5, 5.41) is 20.4. The van der Waals surface area contributed by atoms with Crippen LogP contribution in [0.1, 0.15) is 11.9 Å². The minimum Gasteiger partial charge on any atom is -0.387 e. The van der Waals surface area contributed by atoms with Crippen LogP contribution >= 0.6 is 23.5 Å². The quantitative estimate of drug-likeness (QED) is 0.182. The lowest BCUT2D eigenvalue weighted by Crippen LogP contribution is -2.36. The summed E-state index contributed by atoms with van der Waals surface area (Å²) in [4.78, 5) is 66.6. The van der Waals surface area contributed by atoms with Gasteiger partial charge in [0.25, 0.3) is 0 Å². The number of aromatic nitrogens is 3. The molecule has 6 atom stereocenters. The zero-order valence-corrected chi connectivity index (χ0v) is 19.4. The topological polar surface area (TPSA) is 277 Å². The summed E-state index contributed by atoms with van der Waals surface area (Å²) >= 11 is 0. The molecular weight excluding hydrogens is 531 g/mol. The van der Waals surface area contributed by atoms with E-state index in [1.165, 1.54) is 6.07 Å². The fraction of sp³-hybridized carbons (Fsp3) is 0.462. The Morgan fingerprint density at radius 2 is 1.74 bits per heavy atom. The number of aliphatic hydroxyl groups is 2. The van der Waals surface area contributed by atoms with Crippen LogP contribution in [-0.4, -0.2) is 69.2 Å². The summed E-state index contributed by atoms with van der Waals surface area (Å²) in [5.74, 6) is 0. The second-order valence-electron chi connectivity index (χ2n) is 6.94. The van der Waals surface area contributed by atoms with Crippen LogP contribution in [0.4, 0.5) is 0 Å². The number of hydrogen-bond acceptors (Lipinski definition) is 12. The normalized spacial score (nSPS) is 26.9. The van der Waals surface area contributed by atoms with Crippen LogP contribution in [0, 0.1) is 6.92 Å². The molecule has 3 unspecified atom stereocenters. The average Bonchev–Trinajstić information content (AvgIpc) is 2.91. The fourth-order valence-corrected chi connectivity index (χ4v) is 6.02. The van der Waals surface area contributed by atoms with Gasteiger partial charge < -0.3 is 39.5 Å². The summed E-state index contributed by atoms with van der Waals surface area (Å²) in [7, 11) is -16.9. The van der Waals surface area contributed by atoms with Gasteiger partial charge in [-0.25, -0.2) is 18.5 Å². The monoisotopic (exact) mass is 549 g/mol. The highest BCUT2D eigenvalue weighted by molar-refractivity contribution is 7.66. The molecule has 34 heavy (non-hydrogen) atoms. The molecule has 2 aromatic rings. The minimum atomic E-state index is -5.76. The Morgan fingerprint density at radius 3 is 2.35 bits per heavy atom. The van der Waals surface area contributed by atoms with Gasteiger partial charge in [-0.2, -0.15) is 13.6 Å². The predicted molar refractivity (Wildman–Crippen MR) is 107 cm³/mol. The number of ether oxygens (including phenoxy) is 1. The van der Waals surface area contributed by atoms with Crippen molar-refractivity contribution in [3.05, 3.63) is 38.7 Å². The molecule has 1 saturated heterocycles. The molecule has 0 radical (unpaired) electrons. The van der Waals surface area contributed by atoms with E-state index in [2.05, 4.69) is 23.1 Å². The summed E-state index contributed by atoms with van der Waals surface area (Å²) in [6.07, 6.45) is -5.89. The first kappa shape index (κ1) is 27.0. The molecule has 1 fully saturated rings. The number of nitrogens with one attached hydrogen (secondary N) is 1. The van der Waals surface area contributed by atoms with Crippen molar-refractivity contribution in [3.8, 4) is 0 Å². The number of phosphoric acid groups is 3. The third-order valence-corrected chi connectivity index (χ3v) is 8.11. The van der Waals surface area contributed by atoms with E-state index in [0.717, 1.165) is 6.20 Å². The van der Waals surface area contributed by atoms with Gasteiger partial charge in [-0.15, -0.1) is 0 Å². The average molecular weight is 549 g/mol. The molecule has 3 rings (SSSR count). The highest BCUT2D eigenvalue weighted by atomic mass is 31.3. The number of phosphoric ester groups is 1. The second kappa shape index (κ2) is 9.44. The molecule has 21 heteroatoms. The fourth-order valence-electron chi connectivity index (χ4n) is 2.99. The minimum absolute atomic E-state index is 0.0384. The van der Waals surface area contributed by atoms with Crippen LogP contribution in [0.5, 0.6) is 0 Å². The smallest absolute Gasteiger partial charge is 0.387 e. The number of fused-ring (bicyclic) bond motifs is 1. The van der Waals surface area contributed by atoms with Gasteiger partial charge >= 0.3 is 29.2 Å². The number of aromatic amines is 1. The largest absolute Gasteiger partial charge is 0.490 e. The molecule has 0 spiro atoms. The lowest BCUT2D eigenvalue weighted by Gasteiger charge is -2.19. The Hall–Kier alpha value is -1.62. The lowest BCUT2D eigenvalue weighted by atomic mass is 10.1. The molecule has 3 heterocycles. The van der Waals surface area contributed by atoms with E-state index in [0.29, 0.717) is 10.3 Å². The molecular formula is C13H18N3O15P3. The van der Waals surface area contributed by atoms with E-state index in [4.69, 9.17) is 19.4 Å². The Bertz CT molecular complexity index is 1350. The van der Waals surface area contributed by atoms with Crippen LogP contribution < -0.4 is 11.1 Å². The van der Waals surface area contributed by atoms with E-state index in [1.54, 1.807) is 6.92 Å². The van der Waals surface area contributed by atoms with Gasteiger partial charge in [0, 0.05) is 18.0 Å². The molecule has 0 aromatic carbocycles. The number of nitrogens with zero attached hydrogens (tertiary/aromatic N) is 2. The summed E-state index contributed by atoms with van der Waals surface area (Å²) in [6, 6.07) is 1.23. The maximum absolute atomic E-state index is 12.4. The lowest BCUT2D eigenvalue weighted by molar-refractivity contribution is -0.0539. The van der Waals surface area contributed by atoms with E-state index < -0.39 is 65.7 Å². The first-order valence-electron chi connectivity index (χ1n) is 8.91. The number of pyridine rings is 1. The van der Waals surface area contributed by atoms with Crippen LogP contribution in [-0.2, 0) is 31.6 Å². The Balaban J connectivity index is 1.77. The van der Waals surface area contributed by atoms with E-state index in [-0.39, 0.29) is 11.0 Å². The van der Waals surface area contributed by atoms with Gasteiger partial charge in [0.05, 0.1) is 12.0 Å². The van der Waals surface area contributed by atoms with E-state index in [1.807, 2.05) is 0 Å². The highest BCUT2D eigenvalue weighted by Gasteiger charge is 2.46. The van der Waals surface area contributed by atoms with Crippen molar-refractivity contribution >= 4 is 34.5 Å². The molecule has 0 saturated carbocycles. The molecule has 1 aliphatic rings. The van der Waals surface area contributed by atoms with Gasteiger partial charge in [0.15, 0.2) is 11.7 Å². The maximum Gasteiger partial charge on any atom is 0.490 e. The predicted octanol–water partition coefficient (Wildman–Crippen LogP) is -1.64. The van der Waals surface area contributed by atoms with Crippen LogP contribution in [0.2, 0.25) is 0 Å². The molecule has 190 valence electrons. The third kappa shape index (κ3) is 6.33. The van der Waals surface area contributed by atoms with Gasteiger partial charge in [-0.05, 0) is 6.92 Å². The summed E-state index contributed by atoms with van der Waals surface area (Å²) < 4.78 is 51.2. The van der Waals surface area contributed by atoms with Crippen molar-refractivity contribution in [1.29, 1.82) is 0 Å². The standard InChI is InChI=1S/C13H18N3O15P3/c1-5-2-7(17)6-3-16(13(20)15-11(6)14-5)12-10(19)9(18)8(29-12)4-28-33(24,25)31-34(26,27)30-32(21,22)23/h2-3,8-10,12,18-19H,4H2,1H3,(H,24,25)(H,26,27)(H,14,15,20)(H2,21,22,23)/t8-,9?,10+,12-/m1/s1. The SMILES string of the molecule is Cc1cc(=O)c2cn([C@@H]3O[C@H](COP(=O)(O)OP(=O)(O)OP(=O)(O)O)C(O)[C@@H]3O)c(=O)nc2[nH]1. The Kier molecular flexibility index (Phi) is 7.49. The molecule has 0 amide bonds. The molecule has 1 aliphatic heterocycles. The van der Waals surface area contributed by atoms with Gasteiger partial charge in [0.1, 0.15) is 24.0 Å². The van der Waals surface area contributed by atoms with Crippen molar-refractivity contribution in [2.75, 3.05) is 6.61 Å². The molecule has 0 aliphatic carbocycles. The van der Waals surface area contributed by atoms with Crippen LogP contribution in [0.3, 0.4) is 0 Å². The van der Waals surface area contributed by atoms with Crippen LogP contribution in [0.25, 0.3) is 11.0 Å². The first-order chi connectivity index (χ1) is 15.5. The molecule has 2 aromatic heterocycles. The van der Waals surface area contributed by atoms with E-state index >= 15 is 0 Å². The molecule has 7 N–H and O–H groups in total. The first-order valence-corrected chi connectivity index (χ1v) is 13.4. The maximum atomic E-state index is 12.4. The summed E-state index contributed by atoms with van der Waals surface area (Å²) in [5.41, 5.74) is -1.10. The van der Waals surface area contributed by atoms with E-state index in [9.17, 15) is 38.4 Å². The number of rotatable bonds is 8. The number of aliphatic hydroxyl groups excluding tert-OH is 2. The van der Waals surface area contributed by atoms with Crippen molar-refractivity contribution in [2.45, 2.75) is 31.5 Å². The van der Waals surface area contributed by atoms with Crippen molar-refractivity contribution in [2.24, 2.45) is 0 Å². The van der Waals surface area contributed by atoms with Gasteiger partial charge in [0.2, 0.25) is 0 Å². The Labute approximate surface area is 187 Å². The molecule has 18 nitrogen and oxygen atoms in total. The zero-order valence-electron chi connectivity index (χ0n) is 16.8.